The number of hydrogen-bond donors (Lipinski definition) is 1. The summed E-state index contributed by atoms with van der Waals surface area (Å²) in [6.45, 7) is -0.417. The van der Waals surface area contributed by atoms with Crippen molar-refractivity contribution < 1.29 is 14.6 Å². The zero-order valence-corrected chi connectivity index (χ0v) is 8.18. The van der Waals surface area contributed by atoms with Gasteiger partial charge in [0.1, 0.15) is 6.61 Å². The normalized spacial score (nSPS) is 27.1. The van der Waals surface area contributed by atoms with Gasteiger partial charge in [0.15, 0.2) is 5.06 Å². The van der Waals surface area contributed by atoms with Crippen LogP contribution in [0.3, 0.4) is 0 Å². The van der Waals surface area contributed by atoms with Crippen molar-refractivity contribution in [1.82, 2.24) is 0 Å². The number of allylic oxidation sites excluding steroid dienone is 2. The van der Waals surface area contributed by atoms with Crippen molar-refractivity contribution in [1.29, 1.82) is 0 Å². The van der Waals surface area contributed by atoms with Gasteiger partial charge in [-0.2, -0.15) is 0 Å². The number of carboxylic acids is 1. The molecule has 0 fully saturated rings. The third-order valence-corrected chi connectivity index (χ3v) is 2.17. The summed E-state index contributed by atoms with van der Waals surface area (Å²) in [5.74, 6) is -1.05. The lowest BCUT2D eigenvalue weighted by atomic mass is 10.1. The fourth-order valence-corrected chi connectivity index (χ4v) is 1.20. The summed E-state index contributed by atoms with van der Waals surface area (Å²) < 4.78 is 4.96. The van der Waals surface area contributed by atoms with Gasteiger partial charge in [0.25, 0.3) is 0 Å². The van der Waals surface area contributed by atoms with Crippen molar-refractivity contribution in [3.8, 4) is 0 Å². The van der Waals surface area contributed by atoms with E-state index < -0.39 is 17.6 Å². The van der Waals surface area contributed by atoms with E-state index >= 15 is 0 Å². The van der Waals surface area contributed by atoms with E-state index in [4.69, 9.17) is 33.0 Å². The Kier molecular flexibility index (Phi) is 3.36. The van der Waals surface area contributed by atoms with Crippen LogP contribution in [0.5, 0.6) is 0 Å². The molecular formula is C8H8Cl2O3. The summed E-state index contributed by atoms with van der Waals surface area (Å²) >= 11 is 11.6. The van der Waals surface area contributed by atoms with Crippen LogP contribution in [0.2, 0.25) is 0 Å². The summed E-state index contributed by atoms with van der Waals surface area (Å²) in [5.41, 5.74) is 0. The third-order valence-electron chi connectivity index (χ3n) is 1.50. The molecule has 0 aliphatic heterocycles. The monoisotopic (exact) mass is 222 g/mol. The average molecular weight is 223 g/mol. The molecule has 0 spiro atoms. The third kappa shape index (κ3) is 3.38. The van der Waals surface area contributed by atoms with Crippen LogP contribution in [-0.2, 0) is 9.53 Å². The molecule has 0 bridgehead atoms. The first-order valence-corrected chi connectivity index (χ1v) is 4.37. The first-order chi connectivity index (χ1) is 6.02. The number of ether oxygens (including phenoxy) is 1. The van der Waals surface area contributed by atoms with Crippen molar-refractivity contribution in [3.05, 3.63) is 23.3 Å². The second kappa shape index (κ2) is 4.13. The minimum absolute atomic E-state index is 0.372. The Labute approximate surface area is 85.6 Å². The van der Waals surface area contributed by atoms with E-state index in [9.17, 15) is 4.79 Å². The van der Waals surface area contributed by atoms with Gasteiger partial charge in [-0.05, 0) is 12.2 Å². The molecule has 1 unspecified atom stereocenters. The van der Waals surface area contributed by atoms with Gasteiger partial charge in [-0.3, -0.25) is 0 Å². The molecule has 3 nitrogen and oxygen atoms in total. The first kappa shape index (κ1) is 10.6. The van der Waals surface area contributed by atoms with E-state index in [1.54, 1.807) is 18.2 Å². The van der Waals surface area contributed by atoms with Crippen LogP contribution in [0.25, 0.3) is 0 Å². The summed E-state index contributed by atoms with van der Waals surface area (Å²) in [6, 6.07) is 0. The lowest BCUT2D eigenvalue weighted by Crippen LogP contribution is -2.26. The molecule has 72 valence electrons. The van der Waals surface area contributed by atoms with E-state index in [0.29, 0.717) is 11.5 Å². The SMILES string of the molecule is O=C(O)COC1(Cl)C=CC(Cl)=CC1. The van der Waals surface area contributed by atoms with Gasteiger partial charge >= 0.3 is 5.97 Å². The largest absolute Gasteiger partial charge is 0.480 e. The standard InChI is InChI=1S/C8H8Cl2O3/c9-6-1-3-8(10,4-2-6)13-5-7(11)12/h1-3H,4-5H2,(H,11,12). The van der Waals surface area contributed by atoms with E-state index in [1.165, 1.54) is 0 Å². The molecule has 1 aliphatic carbocycles. The van der Waals surface area contributed by atoms with E-state index in [1.807, 2.05) is 0 Å². The predicted molar refractivity (Wildman–Crippen MR) is 49.9 cm³/mol. The molecule has 0 aromatic heterocycles. The van der Waals surface area contributed by atoms with Crippen LogP contribution in [-0.4, -0.2) is 22.7 Å². The smallest absolute Gasteiger partial charge is 0.329 e. The number of halogens is 2. The molecule has 0 aromatic rings. The molecule has 13 heavy (non-hydrogen) atoms. The molecule has 0 saturated heterocycles. The van der Waals surface area contributed by atoms with Crippen LogP contribution in [0.1, 0.15) is 6.42 Å². The Hall–Kier alpha value is -0.510. The molecule has 0 aromatic carbocycles. The zero-order chi connectivity index (χ0) is 9.90. The van der Waals surface area contributed by atoms with Gasteiger partial charge in [0.2, 0.25) is 0 Å². The van der Waals surface area contributed by atoms with Crippen molar-refractivity contribution in [2.75, 3.05) is 6.61 Å². The van der Waals surface area contributed by atoms with Crippen LogP contribution < -0.4 is 0 Å². The Morgan fingerprint density at radius 1 is 1.77 bits per heavy atom. The highest BCUT2D eigenvalue weighted by atomic mass is 35.5. The molecular weight excluding hydrogens is 215 g/mol. The van der Waals surface area contributed by atoms with Gasteiger partial charge in [0.05, 0.1) is 0 Å². The number of aliphatic carboxylic acids is 1. The van der Waals surface area contributed by atoms with E-state index in [-0.39, 0.29) is 0 Å². The van der Waals surface area contributed by atoms with Gasteiger partial charge in [-0.1, -0.05) is 29.3 Å². The van der Waals surface area contributed by atoms with Crippen LogP contribution >= 0.6 is 23.2 Å². The molecule has 0 radical (unpaired) electrons. The molecule has 1 aliphatic rings. The van der Waals surface area contributed by atoms with Gasteiger partial charge in [-0.15, -0.1) is 0 Å². The highest BCUT2D eigenvalue weighted by Gasteiger charge is 2.26. The highest BCUT2D eigenvalue weighted by molar-refractivity contribution is 6.32. The number of alkyl halides is 1. The fourth-order valence-electron chi connectivity index (χ4n) is 0.866. The van der Waals surface area contributed by atoms with Crippen molar-refractivity contribution in [2.45, 2.75) is 11.5 Å². The van der Waals surface area contributed by atoms with Gasteiger partial charge < -0.3 is 9.84 Å². The van der Waals surface area contributed by atoms with Crippen LogP contribution in [0.15, 0.2) is 23.3 Å². The molecule has 1 atom stereocenters. The Bertz CT molecular complexity index is 273. The van der Waals surface area contributed by atoms with E-state index in [2.05, 4.69) is 0 Å². The van der Waals surface area contributed by atoms with Crippen molar-refractivity contribution >= 4 is 29.2 Å². The topological polar surface area (TPSA) is 46.5 Å². The van der Waals surface area contributed by atoms with Gasteiger partial charge in [-0.25, -0.2) is 4.79 Å². The fraction of sp³-hybridized carbons (Fsp3) is 0.375. The quantitative estimate of drug-likeness (QED) is 0.745. The Balaban J connectivity index is 2.50. The summed E-state index contributed by atoms with van der Waals surface area (Å²) in [4.78, 5) is 10.2. The number of carboxylic acid groups (broad SMARTS) is 1. The Morgan fingerprint density at radius 3 is 2.92 bits per heavy atom. The zero-order valence-electron chi connectivity index (χ0n) is 6.67. The average Bonchev–Trinajstić information content (AvgIpc) is 2.08. The maximum absolute atomic E-state index is 10.2. The molecule has 1 rings (SSSR count). The number of rotatable bonds is 3. The Morgan fingerprint density at radius 2 is 2.46 bits per heavy atom. The van der Waals surface area contributed by atoms with Crippen LogP contribution in [0.4, 0.5) is 0 Å². The minimum atomic E-state index is -1.06. The number of hydrogen-bond acceptors (Lipinski definition) is 2. The second-order valence-corrected chi connectivity index (χ2v) is 3.67. The molecule has 0 heterocycles. The molecule has 1 N–H and O–H groups in total. The lowest BCUT2D eigenvalue weighted by molar-refractivity contribution is -0.144. The minimum Gasteiger partial charge on any atom is -0.480 e. The summed E-state index contributed by atoms with van der Waals surface area (Å²) in [7, 11) is 0. The molecule has 5 heteroatoms. The molecule has 0 amide bonds. The van der Waals surface area contributed by atoms with Gasteiger partial charge in [0, 0.05) is 11.5 Å². The van der Waals surface area contributed by atoms with Crippen molar-refractivity contribution in [3.63, 3.8) is 0 Å². The molecule has 0 saturated carbocycles. The summed E-state index contributed by atoms with van der Waals surface area (Å²) in [5, 5.41) is 7.88. The highest BCUT2D eigenvalue weighted by Crippen LogP contribution is 2.29. The summed E-state index contributed by atoms with van der Waals surface area (Å²) in [6.07, 6.45) is 5.17. The van der Waals surface area contributed by atoms with Crippen LogP contribution in [0, 0.1) is 0 Å². The van der Waals surface area contributed by atoms with Crippen molar-refractivity contribution in [2.24, 2.45) is 0 Å². The second-order valence-electron chi connectivity index (χ2n) is 2.60. The lowest BCUT2D eigenvalue weighted by Gasteiger charge is -2.23. The maximum Gasteiger partial charge on any atom is 0.329 e. The predicted octanol–water partition coefficient (Wildman–Crippen LogP) is 2.11. The maximum atomic E-state index is 10.2. The van der Waals surface area contributed by atoms with E-state index in [0.717, 1.165) is 0 Å². The first-order valence-electron chi connectivity index (χ1n) is 3.61. The number of carbonyl (C=O) groups is 1.